The van der Waals surface area contributed by atoms with Crippen LogP contribution < -0.4 is 4.90 Å². The van der Waals surface area contributed by atoms with Gasteiger partial charge >= 0.3 is 0 Å². The van der Waals surface area contributed by atoms with Gasteiger partial charge in [-0.2, -0.15) is 10.5 Å². The van der Waals surface area contributed by atoms with E-state index in [1.165, 1.54) is 5.56 Å². The fourth-order valence-corrected chi connectivity index (χ4v) is 4.97. The van der Waals surface area contributed by atoms with Crippen molar-refractivity contribution in [3.63, 3.8) is 0 Å². The van der Waals surface area contributed by atoms with Gasteiger partial charge in [0.2, 0.25) is 5.95 Å². The topological polar surface area (TPSA) is 69.6 Å². The minimum absolute atomic E-state index is 0.0219. The van der Waals surface area contributed by atoms with Crippen LogP contribution >= 0.6 is 10.5 Å². The smallest absolute Gasteiger partial charge is 0.225 e. The van der Waals surface area contributed by atoms with Gasteiger partial charge in [-0.1, -0.05) is 51.8 Å². The molecule has 2 unspecified atom stereocenters. The Balaban J connectivity index is 0.000000924. The summed E-state index contributed by atoms with van der Waals surface area (Å²) >= 11 is 0. The summed E-state index contributed by atoms with van der Waals surface area (Å²) in [4.78, 5) is 23.1. The Morgan fingerprint density at radius 3 is 2.26 bits per heavy atom. The highest BCUT2D eigenvalue weighted by Gasteiger charge is 2.22. The van der Waals surface area contributed by atoms with Crippen molar-refractivity contribution in [3.8, 4) is 0 Å². The van der Waals surface area contributed by atoms with Crippen LogP contribution in [0.4, 0.5) is 10.3 Å². The molecule has 212 valence electrons. The second-order valence-corrected chi connectivity index (χ2v) is 11.2. The van der Waals surface area contributed by atoms with E-state index >= 15 is 0 Å². The number of benzene rings is 1. The third-order valence-electron chi connectivity index (χ3n) is 6.19. The number of aliphatic hydroxyl groups is 1. The maximum atomic E-state index is 14.3. The number of piperazine rings is 1. The maximum absolute atomic E-state index is 14.3. The molecule has 2 atom stereocenters. The molecule has 0 radical (unpaired) electrons. The Hall–Kier alpha value is -2.58. The van der Waals surface area contributed by atoms with Crippen molar-refractivity contribution in [3.05, 3.63) is 65.4 Å². The van der Waals surface area contributed by atoms with Crippen molar-refractivity contribution in [2.45, 2.75) is 71.6 Å². The molecule has 2 heterocycles. The number of hydrogen-bond acceptors (Lipinski definition) is 6. The van der Waals surface area contributed by atoms with Crippen LogP contribution in [0, 0.1) is 5.82 Å². The lowest BCUT2D eigenvalue weighted by atomic mass is 10.0. The van der Waals surface area contributed by atoms with Crippen molar-refractivity contribution < 1.29 is 14.3 Å². The number of halogens is 1. The van der Waals surface area contributed by atoms with Gasteiger partial charge in [-0.3, -0.25) is 9.69 Å². The summed E-state index contributed by atoms with van der Waals surface area (Å²) in [5, 5.41) is 7.80. The molecule has 0 spiro atoms. The third kappa shape index (κ3) is 12.3. The van der Waals surface area contributed by atoms with Crippen molar-refractivity contribution in [1.29, 1.82) is 0 Å². The van der Waals surface area contributed by atoms with Gasteiger partial charge in [0.25, 0.3) is 0 Å². The summed E-state index contributed by atoms with van der Waals surface area (Å²) in [6.45, 7) is 15.4. The minimum Gasteiger partial charge on any atom is -0.505 e. The van der Waals surface area contributed by atoms with Gasteiger partial charge < -0.3 is 10.0 Å². The predicted octanol–water partition coefficient (Wildman–Crippen LogP) is 6.22. The quantitative estimate of drug-likeness (QED) is 0.156. The Kier molecular flexibility index (Phi) is 16.4. The molecule has 1 N–H and O–H groups in total. The van der Waals surface area contributed by atoms with Crippen molar-refractivity contribution in [1.82, 2.24) is 14.9 Å². The highest BCUT2D eigenvalue weighted by molar-refractivity contribution is 8.12. The number of carbonyl (C=O) groups excluding carboxylic acids is 1. The first-order valence-electron chi connectivity index (χ1n) is 13.6. The average Bonchev–Trinajstić information content (AvgIpc) is 2.92. The number of aldehydes is 1. The number of allylic oxidation sites excluding steroid dienone is 1. The molecule has 38 heavy (non-hydrogen) atoms. The van der Waals surface area contributed by atoms with E-state index in [1.807, 2.05) is 38.6 Å². The summed E-state index contributed by atoms with van der Waals surface area (Å²) in [6.07, 6.45) is 11.6. The second-order valence-electron chi connectivity index (χ2n) is 9.37. The van der Waals surface area contributed by atoms with E-state index in [0.717, 1.165) is 81.1 Å². The molecule has 1 fully saturated rings. The number of nitrogens with zero attached hydrogens (tertiary/aromatic N) is 4. The fourth-order valence-electron chi connectivity index (χ4n) is 4.20. The Morgan fingerprint density at radius 2 is 1.76 bits per heavy atom. The van der Waals surface area contributed by atoms with Crippen molar-refractivity contribution in [2.24, 2.45) is 0 Å². The average molecular weight is 547 g/mol. The number of aryl methyl sites for hydroxylation is 2. The summed E-state index contributed by atoms with van der Waals surface area (Å²) in [5.74, 6) is 5.07. The highest BCUT2D eigenvalue weighted by atomic mass is 32.2. The molecule has 0 bridgehead atoms. The zero-order valence-corrected chi connectivity index (χ0v) is 24.8. The molecular weight excluding hydrogens is 499 g/mol. The number of rotatable bonds is 11. The Bertz CT molecular complexity index is 992. The number of hydrogen-bond donors (Lipinski definition) is 1. The number of carbonyl (C=O) groups is 1. The lowest BCUT2D eigenvalue weighted by Crippen LogP contribution is -2.50. The van der Waals surface area contributed by atoms with Gasteiger partial charge in [0.15, 0.2) is 6.29 Å². The van der Waals surface area contributed by atoms with Crippen LogP contribution in [0.5, 0.6) is 0 Å². The summed E-state index contributed by atoms with van der Waals surface area (Å²) in [6, 6.07) is 6.28. The molecule has 3 rings (SSSR count). The van der Waals surface area contributed by atoms with E-state index in [0.29, 0.717) is 6.04 Å². The maximum Gasteiger partial charge on any atom is 0.225 e. The molecule has 1 aromatic heterocycles. The standard InChI is InChI=1S/C25H37FN4S.C3H4O2.C2H6/c1-5-7-22-17-27-25(28-18-22)30-14-12-29(13-15-30)20(2)8-6-9-21-10-11-23(19-31(3)4)24(26)16-21;1-3(5)2-4;1-2/h10-11,16-18,20H,3,5-9,12-15,19H2,1-2,4H3;2,5H,1H2;1-2H3. The first kappa shape index (κ1) is 33.4. The zero-order valence-electron chi connectivity index (χ0n) is 24.0. The number of aromatic nitrogens is 2. The van der Waals surface area contributed by atoms with E-state index in [-0.39, 0.29) is 22.6 Å². The Labute approximate surface area is 231 Å². The van der Waals surface area contributed by atoms with Crippen LogP contribution in [0.15, 0.2) is 42.9 Å². The van der Waals surface area contributed by atoms with Gasteiger partial charge in [-0.25, -0.2) is 14.4 Å². The normalized spacial score (nSPS) is 14.8. The van der Waals surface area contributed by atoms with Crippen LogP contribution in [-0.4, -0.2) is 70.6 Å². The summed E-state index contributed by atoms with van der Waals surface area (Å²) in [7, 11) is -0.0219. The SMILES string of the molecule is C=C(O)C=O.C=S(C)Cc1ccc(CCCC(C)N2CCN(c3ncc(CCC)cn3)CC2)cc1F.CC. The molecule has 0 amide bonds. The van der Waals surface area contributed by atoms with Crippen molar-refractivity contribution in [2.75, 3.05) is 37.3 Å². The van der Waals surface area contributed by atoms with E-state index in [4.69, 9.17) is 9.90 Å². The number of aliphatic hydroxyl groups excluding tert-OH is 1. The predicted molar refractivity (Wildman–Crippen MR) is 162 cm³/mol. The molecule has 6 nitrogen and oxygen atoms in total. The van der Waals surface area contributed by atoms with E-state index in [2.05, 4.69) is 52.1 Å². The first-order chi connectivity index (χ1) is 18.2. The second kappa shape index (κ2) is 18.6. The van der Waals surface area contributed by atoms with E-state index in [1.54, 1.807) is 6.07 Å². The van der Waals surface area contributed by atoms with Gasteiger partial charge in [0.1, 0.15) is 11.6 Å². The largest absolute Gasteiger partial charge is 0.505 e. The van der Waals surface area contributed by atoms with Crippen LogP contribution in [0.25, 0.3) is 0 Å². The van der Waals surface area contributed by atoms with E-state index in [9.17, 15) is 4.39 Å². The van der Waals surface area contributed by atoms with Gasteiger partial charge in [0.05, 0.1) is 0 Å². The molecule has 1 aromatic carbocycles. The molecular formula is C30H47FN4O2S. The molecule has 0 aliphatic carbocycles. The highest BCUT2D eigenvalue weighted by Crippen LogP contribution is 2.20. The lowest BCUT2D eigenvalue weighted by molar-refractivity contribution is -0.106. The van der Waals surface area contributed by atoms with Gasteiger partial charge in [-0.05, 0) is 61.6 Å². The third-order valence-corrected chi connectivity index (χ3v) is 7.00. The first-order valence-corrected chi connectivity index (χ1v) is 15.5. The van der Waals surface area contributed by atoms with Gasteiger partial charge in [-0.15, -0.1) is 0 Å². The van der Waals surface area contributed by atoms with Gasteiger partial charge in [0, 0.05) is 50.4 Å². The fraction of sp³-hybridized carbons (Fsp3) is 0.533. The summed E-state index contributed by atoms with van der Waals surface area (Å²) in [5.41, 5.74) is 3.10. The molecule has 2 aromatic rings. The van der Waals surface area contributed by atoms with Crippen LogP contribution in [0.2, 0.25) is 0 Å². The minimum atomic E-state index is -0.426. The van der Waals surface area contributed by atoms with Crippen LogP contribution in [0.1, 0.15) is 63.6 Å². The van der Waals surface area contributed by atoms with E-state index < -0.39 is 5.76 Å². The zero-order chi connectivity index (χ0) is 28.5. The lowest BCUT2D eigenvalue weighted by Gasteiger charge is -2.38. The molecule has 1 aliphatic heterocycles. The molecule has 1 saturated heterocycles. The molecule has 1 aliphatic rings. The van der Waals surface area contributed by atoms with Crippen LogP contribution in [-0.2, 0) is 23.4 Å². The summed E-state index contributed by atoms with van der Waals surface area (Å²) < 4.78 is 14.3. The molecule has 8 heteroatoms. The Morgan fingerprint density at radius 1 is 1.16 bits per heavy atom. The van der Waals surface area contributed by atoms with Crippen LogP contribution in [0.3, 0.4) is 0 Å². The number of anilines is 1. The monoisotopic (exact) mass is 546 g/mol. The molecule has 0 saturated carbocycles. The van der Waals surface area contributed by atoms with Crippen molar-refractivity contribution >= 4 is 28.6 Å².